The molecular weight excluding hydrogens is 242 g/mol. The SMILES string of the molecule is CCC1CCC(NCc2c(C(=O)O)cnn2C)C1C. The molecule has 5 heteroatoms. The number of carboxylic acids is 1. The van der Waals surface area contributed by atoms with Crippen molar-refractivity contribution in [2.75, 3.05) is 0 Å². The molecule has 1 heterocycles. The molecule has 0 aromatic carbocycles. The average Bonchev–Trinajstić information content (AvgIpc) is 2.90. The minimum atomic E-state index is -0.907. The molecule has 2 N–H and O–H groups in total. The zero-order valence-electron chi connectivity index (χ0n) is 11.9. The highest BCUT2D eigenvalue weighted by Crippen LogP contribution is 2.34. The first kappa shape index (κ1) is 14.1. The summed E-state index contributed by atoms with van der Waals surface area (Å²) in [7, 11) is 1.79. The summed E-state index contributed by atoms with van der Waals surface area (Å²) in [6.45, 7) is 5.11. The van der Waals surface area contributed by atoms with Crippen LogP contribution in [0, 0.1) is 11.8 Å². The molecule has 0 radical (unpaired) electrons. The number of carbonyl (C=O) groups is 1. The number of hydrogen-bond acceptors (Lipinski definition) is 3. The van der Waals surface area contributed by atoms with Crippen molar-refractivity contribution in [1.29, 1.82) is 0 Å². The molecule has 5 nitrogen and oxygen atoms in total. The number of carboxylic acid groups (broad SMARTS) is 1. The maximum Gasteiger partial charge on any atom is 0.339 e. The van der Waals surface area contributed by atoms with Crippen molar-refractivity contribution in [2.45, 2.75) is 45.7 Å². The van der Waals surface area contributed by atoms with Gasteiger partial charge in [-0.25, -0.2) is 4.79 Å². The first-order valence-corrected chi connectivity index (χ1v) is 7.02. The van der Waals surface area contributed by atoms with Gasteiger partial charge in [0.05, 0.1) is 11.9 Å². The van der Waals surface area contributed by atoms with E-state index in [2.05, 4.69) is 24.3 Å². The molecule has 0 amide bonds. The van der Waals surface area contributed by atoms with Crippen LogP contribution in [0.25, 0.3) is 0 Å². The van der Waals surface area contributed by atoms with Gasteiger partial charge in [0.15, 0.2) is 0 Å². The van der Waals surface area contributed by atoms with Crippen molar-refractivity contribution in [3.63, 3.8) is 0 Å². The summed E-state index contributed by atoms with van der Waals surface area (Å²) in [5, 5.41) is 16.7. The summed E-state index contributed by atoms with van der Waals surface area (Å²) in [4.78, 5) is 11.1. The second kappa shape index (κ2) is 5.74. The molecule has 0 aliphatic heterocycles. The van der Waals surface area contributed by atoms with E-state index in [1.807, 2.05) is 0 Å². The first-order chi connectivity index (χ1) is 9.04. The lowest BCUT2D eigenvalue weighted by Gasteiger charge is -2.21. The Kier molecular flexibility index (Phi) is 4.24. The van der Waals surface area contributed by atoms with Crippen LogP contribution in [0.2, 0.25) is 0 Å². The standard InChI is InChI=1S/C14H23N3O2/c1-4-10-5-6-12(9(10)2)15-8-13-11(14(18)19)7-16-17(13)3/h7,9-10,12,15H,4-6,8H2,1-3H3,(H,18,19). The highest BCUT2D eigenvalue weighted by atomic mass is 16.4. The average molecular weight is 265 g/mol. The molecule has 1 fully saturated rings. The van der Waals surface area contributed by atoms with Gasteiger partial charge in [-0.3, -0.25) is 4.68 Å². The van der Waals surface area contributed by atoms with Crippen molar-refractivity contribution >= 4 is 5.97 Å². The molecule has 1 saturated carbocycles. The van der Waals surface area contributed by atoms with E-state index in [0.717, 1.165) is 11.6 Å². The van der Waals surface area contributed by atoms with Crippen molar-refractivity contribution in [2.24, 2.45) is 18.9 Å². The second-order valence-electron chi connectivity index (χ2n) is 5.53. The highest BCUT2D eigenvalue weighted by Gasteiger charge is 2.31. The molecule has 1 aliphatic rings. The van der Waals surface area contributed by atoms with Crippen LogP contribution in [0.4, 0.5) is 0 Å². The number of hydrogen-bond donors (Lipinski definition) is 2. The number of nitrogens with one attached hydrogen (secondary N) is 1. The fraction of sp³-hybridized carbons (Fsp3) is 0.714. The third-order valence-corrected chi connectivity index (χ3v) is 4.57. The Morgan fingerprint density at radius 1 is 1.58 bits per heavy atom. The van der Waals surface area contributed by atoms with Gasteiger partial charge in [0.1, 0.15) is 5.56 Å². The van der Waals surface area contributed by atoms with Crippen LogP contribution in [-0.2, 0) is 13.6 Å². The maximum absolute atomic E-state index is 11.1. The molecule has 3 unspecified atom stereocenters. The molecule has 19 heavy (non-hydrogen) atoms. The van der Waals surface area contributed by atoms with Crippen LogP contribution in [0.3, 0.4) is 0 Å². The monoisotopic (exact) mass is 265 g/mol. The van der Waals surface area contributed by atoms with E-state index in [9.17, 15) is 4.79 Å². The Balaban J connectivity index is 2.00. The summed E-state index contributed by atoms with van der Waals surface area (Å²) < 4.78 is 1.65. The maximum atomic E-state index is 11.1. The van der Waals surface area contributed by atoms with E-state index in [1.54, 1.807) is 11.7 Å². The minimum absolute atomic E-state index is 0.299. The van der Waals surface area contributed by atoms with Crippen LogP contribution >= 0.6 is 0 Å². The lowest BCUT2D eigenvalue weighted by Crippen LogP contribution is -2.33. The fourth-order valence-corrected chi connectivity index (χ4v) is 3.19. The first-order valence-electron chi connectivity index (χ1n) is 7.02. The number of aromatic carboxylic acids is 1. The van der Waals surface area contributed by atoms with Crippen LogP contribution in [0.15, 0.2) is 6.20 Å². The Morgan fingerprint density at radius 3 is 2.89 bits per heavy atom. The molecule has 1 aromatic rings. The molecule has 0 spiro atoms. The molecule has 106 valence electrons. The van der Waals surface area contributed by atoms with Gasteiger partial charge in [0.2, 0.25) is 0 Å². The number of aromatic nitrogens is 2. The predicted octanol–water partition coefficient (Wildman–Crippen LogP) is 2.03. The number of aryl methyl sites for hydroxylation is 1. The largest absolute Gasteiger partial charge is 0.478 e. The van der Waals surface area contributed by atoms with Gasteiger partial charge < -0.3 is 10.4 Å². The van der Waals surface area contributed by atoms with Crippen LogP contribution in [0.5, 0.6) is 0 Å². The van der Waals surface area contributed by atoms with Gasteiger partial charge in [-0.05, 0) is 24.7 Å². The lowest BCUT2D eigenvalue weighted by atomic mass is 9.93. The Labute approximate surface area is 114 Å². The molecule has 2 rings (SSSR count). The summed E-state index contributed by atoms with van der Waals surface area (Å²) >= 11 is 0. The third-order valence-electron chi connectivity index (χ3n) is 4.57. The summed E-state index contributed by atoms with van der Waals surface area (Å²) in [5.74, 6) is 0.547. The summed E-state index contributed by atoms with van der Waals surface area (Å²) in [6, 6.07) is 0.487. The van der Waals surface area contributed by atoms with E-state index < -0.39 is 5.97 Å². The fourth-order valence-electron chi connectivity index (χ4n) is 3.19. The van der Waals surface area contributed by atoms with E-state index in [0.29, 0.717) is 24.1 Å². The lowest BCUT2D eigenvalue weighted by molar-refractivity contribution is 0.0695. The Morgan fingerprint density at radius 2 is 2.32 bits per heavy atom. The van der Waals surface area contributed by atoms with Gasteiger partial charge >= 0.3 is 5.97 Å². The summed E-state index contributed by atoms with van der Waals surface area (Å²) in [5.41, 5.74) is 1.05. The van der Waals surface area contributed by atoms with Gasteiger partial charge in [0, 0.05) is 19.6 Å². The number of nitrogens with zero attached hydrogens (tertiary/aromatic N) is 2. The third kappa shape index (κ3) is 2.81. The van der Waals surface area contributed by atoms with Crippen molar-refractivity contribution in [1.82, 2.24) is 15.1 Å². The quantitative estimate of drug-likeness (QED) is 0.855. The van der Waals surface area contributed by atoms with E-state index in [4.69, 9.17) is 5.11 Å². The van der Waals surface area contributed by atoms with E-state index >= 15 is 0 Å². The molecule has 1 aromatic heterocycles. The van der Waals surface area contributed by atoms with Gasteiger partial charge in [0.25, 0.3) is 0 Å². The van der Waals surface area contributed by atoms with Crippen LogP contribution < -0.4 is 5.32 Å². The Bertz CT molecular complexity index is 456. The van der Waals surface area contributed by atoms with Gasteiger partial charge in [-0.1, -0.05) is 20.3 Å². The van der Waals surface area contributed by atoms with Crippen molar-refractivity contribution in [3.05, 3.63) is 17.5 Å². The van der Waals surface area contributed by atoms with Crippen molar-refractivity contribution < 1.29 is 9.90 Å². The molecule has 0 bridgehead atoms. The van der Waals surface area contributed by atoms with Crippen molar-refractivity contribution in [3.8, 4) is 0 Å². The topological polar surface area (TPSA) is 67.2 Å². The van der Waals surface area contributed by atoms with Gasteiger partial charge in [-0.15, -0.1) is 0 Å². The van der Waals surface area contributed by atoms with Gasteiger partial charge in [-0.2, -0.15) is 5.10 Å². The predicted molar refractivity (Wildman–Crippen MR) is 73.0 cm³/mol. The van der Waals surface area contributed by atoms with Crippen LogP contribution in [-0.4, -0.2) is 26.9 Å². The normalized spacial score (nSPS) is 26.8. The van der Waals surface area contributed by atoms with E-state index in [1.165, 1.54) is 25.5 Å². The molecular formula is C14H23N3O2. The summed E-state index contributed by atoms with van der Waals surface area (Å²) in [6.07, 6.45) is 5.10. The zero-order chi connectivity index (χ0) is 14.0. The minimum Gasteiger partial charge on any atom is -0.478 e. The van der Waals surface area contributed by atoms with E-state index in [-0.39, 0.29) is 0 Å². The number of rotatable bonds is 5. The zero-order valence-corrected chi connectivity index (χ0v) is 11.9. The van der Waals surface area contributed by atoms with Crippen LogP contribution in [0.1, 0.15) is 49.2 Å². The second-order valence-corrected chi connectivity index (χ2v) is 5.53. The Hall–Kier alpha value is -1.36. The highest BCUT2D eigenvalue weighted by molar-refractivity contribution is 5.88. The molecule has 0 saturated heterocycles. The molecule has 3 atom stereocenters. The molecule has 1 aliphatic carbocycles. The smallest absolute Gasteiger partial charge is 0.339 e.